The Balaban J connectivity index is 2.57. The van der Waals surface area contributed by atoms with Crippen LogP contribution in [-0.4, -0.2) is 36.1 Å². The Labute approximate surface area is 73.7 Å². The second-order valence-corrected chi connectivity index (χ2v) is 3.26. The van der Waals surface area contributed by atoms with E-state index >= 15 is 0 Å². The second kappa shape index (κ2) is 3.90. The van der Waals surface area contributed by atoms with E-state index in [1.807, 2.05) is 25.7 Å². The first-order valence-electron chi connectivity index (χ1n) is 4.58. The third-order valence-electron chi connectivity index (χ3n) is 2.51. The highest BCUT2D eigenvalue weighted by molar-refractivity contribution is 5.76. The van der Waals surface area contributed by atoms with Crippen LogP contribution in [0.15, 0.2) is 0 Å². The first-order chi connectivity index (χ1) is 5.66. The summed E-state index contributed by atoms with van der Waals surface area (Å²) in [5.74, 6) is 0.234. The summed E-state index contributed by atoms with van der Waals surface area (Å²) in [5, 5.41) is 0. The number of carbonyl (C=O) groups excluding carboxylic acids is 1. The van der Waals surface area contributed by atoms with Gasteiger partial charge in [0.15, 0.2) is 0 Å². The molecule has 1 amide bonds. The zero-order valence-corrected chi connectivity index (χ0v) is 8.04. The van der Waals surface area contributed by atoms with E-state index in [1.54, 1.807) is 0 Å². The Bertz CT molecular complexity index is 170. The van der Waals surface area contributed by atoms with Gasteiger partial charge in [0.1, 0.15) is 0 Å². The minimum atomic E-state index is 0.175. The van der Waals surface area contributed by atoms with Gasteiger partial charge in [0.05, 0.1) is 18.8 Å². The largest absolute Gasteiger partial charge is 0.375 e. The maximum Gasteiger partial charge on any atom is 0.222 e. The quantitative estimate of drug-likeness (QED) is 0.589. The number of morpholine rings is 1. The molecule has 0 N–H and O–H groups in total. The summed E-state index contributed by atoms with van der Waals surface area (Å²) < 4.78 is 5.42. The molecule has 3 nitrogen and oxygen atoms in total. The van der Waals surface area contributed by atoms with Gasteiger partial charge < -0.3 is 9.64 Å². The van der Waals surface area contributed by atoms with Gasteiger partial charge in [-0.3, -0.25) is 4.79 Å². The molecule has 12 heavy (non-hydrogen) atoms. The zero-order valence-electron chi connectivity index (χ0n) is 8.04. The van der Waals surface area contributed by atoms with Crippen LogP contribution >= 0.6 is 0 Å². The molecule has 0 bridgehead atoms. The number of rotatable bonds is 1. The van der Waals surface area contributed by atoms with Crippen molar-refractivity contribution in [2.75, 3.05) is 13.2 Å². The van der Waals surface area contributed by atoms with Crippen LogP contribution in [0.4, 0.5) is 0 Å². The van der Waals surface area contributed by atoms with Crippen LogP contribution in [0.1, 0.15) is 27.2 Å². The Kier molecular flexibility index (Phi) is 3.09. The molecular formula is C9H17NO2. The molecule has 3 heteroatoms. The highest BCUT2D eigenvalue weighted by Gasteiger charge is 2.27. The van der Waals surface area contributed by atoms with Gasteiger partial charge in [0.25, 0.3) is 0 Å². The number of carbonyl (C=O) groups is 1. The lowest BCUT2D eigenvalue weighted by molar-refractivity contribution is -0.143. The third-order valence-corrected chi connectivity index (χ3v) is 2.51. The monoisotopic (exact) mass is 171 g/mol. The van der Waals surface area contributed by atoms with Crippen molar-refractivity contribution in [3.63, 3.8) is 0 Å². The molecule has 1 saturated heterocycles. The van der Waals surface area contributed by atoms with E-state index in [-0.39, 0.29) is 18.1 Å². The summed E-state index contributed by atoms with van der Waals surface area (Å²) in [6.07, 6.45) is 0.770. The third kappa shape index (κ3) is 1.78. The smallest absolute Gasteiger partial charge is 0.222 e. The lowest BCUT2D eigenvalue weighted by atomic mass is 10.1. The fraction of sp³-hybridized carbons (Fsp3) is 0.889. The van der Waals surface area contributed by atoms with Crippen LogP contribution in [0, 0.1) is 0 Å². The summed E-state index contributed by atoms with van der Waals surface area (Å²) in [6, 6.07) is 0.228. The number of nitrogens with zero attached hydrogens (tertiary/aromatic N) is 1. The molecule has 1 aliphatic rings. The molecule has 0 radical (unpaired) electrons. The topological polar surface area (TPSA) is 29.5 Å². The minimum Gasteiger partial charge on any atom is -0.375 e. The van der Waals surface area contributed by atoms with Gasteiger partial charge in [0, 0.05) is 13.0 Å². The van der Waals surface area contributed by atoms with Crippen molar-refractivity contribution in [3.05, 3.63) is 0 Å². The molecule has 1 rings (SSSR count). The molecule has 2 unspecified atom stereocenters. The van der Waals surface area contributed by atoms with Crippen molar-refractivity contribution in [1.29, 1.82) is 0 Å². The van der Waals surface area contributed by atoms with Crippen LogP contribution in [0.25, 0.3) is 0 Å². The maximum atomic E-state index is 11.4. The summed E-state index contributed by atoms with van der Waals surface area (Å²) in [7, 11) is 0. The van der Waals surface area contributed by atoms with Crippen LogP contribution in [0.3, 0.4) is 0 Å². The molecule has 0 aromatic heterocycles. The number of hydrogen-bond acceptors (Lipinski definition) is 2. The molecule has 2 atom stereocenters. The van der Waals surface area contributed by atoms with Gasteiger partial charge in [-0.15, -0.1) is 0 Å². The summed E-state index contributed by atoms with van der Waals surface area (Å²) >= 11 is 0. The van der Waals surface area contributed by atoms with E-state index in [1.165, 1.54) is 0 Å². The summed E-state index contributed by atoms with van der Waals surface area (Å²) in [5.41, 5.74) is 0. The van der Waals surface area contributed by atoms with E-state index in [9.17, 15) is 4.79 Å². The van der Waals surface area contributed by atoms with E-state index in [4.69, 9.17) is 4.74 Å². The first-order valence-corrected chi connectivity index (χ1v) is 4.58. The van der Waals surface area contributed by atoms with Crippen LogP contribution < -0.4 is 0 Å². The van der Waals surface area contributed by atoms with Crippen molar-refractivity contribution < 1.29 is 9.53 Å². The number of ether oxygens (including phenoxy) is 1. The van der Waals surface area contributed by atoms with E-state index in [0.29, 0.717) is 13.0 Å². The molecule has 0 aliphatic carbocycles. The van der Waals surface area contributed by atoms with Crippen LogP contribution in [0.2, 0.25) is 0 Å². The maximum absolute atomic E-state index is 11.4. The Hall–Kier alpha value is -0.570. The van der Waals surface area contributed by atoms with E-state index < -0.39 is 0 Å². The van der Waals surface area contributed by atoms with Crippen molar-refractivity contribution in [1.82, 2.24) is 4.90 Å². The minimum absolute atomic E-state index is 0.175. The van der Waals surface area contributed by atoms with Gasteiger partial charge in [0.2, 0.25) is 5.91 Å². The molecular weight excluding hydrogens is 154 g/mol. The molecule has 1 heterocycles. The fourth-order valence-electron chi connectivity index (χ4n) is 1.49. The summed E-state index contributed by atoms with van der Waals surface area (Å²) in [6.45, 7) is 7.38. The SMILES string of the molecule is CCC(=O)N1CCOC(C)C1C. The first kappa shape index (κ1) is 9.52. The molecule has 1 fully saturated rings. The highest BCUT2D eigenvalue weighted by Crippen LogP contribution is 2.13. The molecule has 0 saturated carbocycles. The zero-order chi connectivity index (χ0) is 9.14. The molecule has 0 spiro atoms. The van der Waals surface area contributed by atoms with Crippen molar-refractivity contribution >= 4 is 5.91 Å². The number of amides is 1. The molecule has 70 valence electrons. The van der Waals surface area contributed by atoms with Gasteiger partial charge in [-0.2, -0.15) is 0 Å². The highest BCUT2D eigenvalue weighted by atomic mass is 16.5. The second-order valence-electron chi connectivity index (χ2n) is 3.26. The van der Waals surface area contributed by atoms with Gasteiger partial charge in [-0.25, -0.2) is 0 Å². The molecule has 0 aromatic rings. The van der Waals surface area contributed by atoms with Crippen molar-refractivity contribution in [2.24, 2.45) is 0 Å². The summed E-state index contributed by atoms with van der Waals surface area (Å²) in [4.78, 5) is 13.3. The Morgan fingerprint density at radius 3 is 2.83 bits per heavy atom. The standard InChI is InChI=1S/C9H17NO2/c1-4-9(11)10-5-6-12-8(3)7(10)2/h7-8H,4-6H2,1-3H3. The van der Waals surface area contributed by atoms with Gasteiger partial charge >= 0.3 is 0 Å². The normalized spacial score (nSPS) is 30.4. The van der Waals surface area contributed by atoms with E-state index in [0.717, 1.165) is 6.54 Å². The predicted molar refractivity (Wildman–Crippen MR) is 46.9 cm³/mol. The van der Waals surface area contributed by atoms with Crippen LogP contribution in [-0.2, 0) is 9.53 Å². The molecule has 0 aromatic carbocycles. The van der Waals surface area contributed by atoms with Crippen LogP contribution in [0.5, 0.6) is 0 Å². The average Bonchev–Trinajstić information content (AvgIpc) is 2.08. The average molecular weight is 171 g/mol. The van der Waals surface area contributed by atoms with Gasteiger partial charge in [-0.1, -0.05) is 6.92 Å². The van der Waals surface area contributed by atoms with E-state index in [2.05, 4.69) is 0 Å². The molecule has 1 aliphatic heterocycles. The number of hydrogen-bond donors (Lipinski definition) is 0. The predicted octanol–water partition coefficient (Wildman–Crippen LogP) is 1.03. The lowest BCUT2D eigenvalue weighted by Gasteiger charge is -2.37. The fourth-order valence-corrected chi connectivity index (χ4v) is 1.49. The van der Waals surface area contributed by atoms with Gasteiger partial charge in [-0.05, 0) is 13.8 Å². The lowest BCUT2D eigenvalue weighted by Crippen LogP contribution is -2.50. The van der Waals surface area contributed by atoms with Crippen molar-refractivity contribution in [3.8, 4) is 0 Å². The Morgan fingerprint density at radius 1 is 1.58 bits per heavy atom. The Morgan fingerprint density at radius 2 is 2.25 bits per heavy atom. The van der Waals surface area contributed by atoms with Crippen molar-refractivity contribution in [2.45, 2.75) is 39.3 Å².